The van der Waals surface area contributed by atoms with Crippen molar-refractivity contribution in [1.29, 1.82) is 0 Å². The molecule has 0 atom stereocenters. The van der Waals surface area contributed by atoms with Gasteiger partial charge in [-0.2, -0.15) is 0 Å². The summed E-state index contributed by atoms with van der Waals surface area (Å²) in [5.41, 5.74) is 0. The van der Waals surface area contributed by atoms with Crippen molar-refractivity contribution >= 4 is 11.8 Å². The fourth-order valence-corrected chi connectivity index (χ4v) is 1.14. The van der Waals surface area contributed by atoms with Gasteiger partial charge in [0.2, 0.25) is 11.8 Å². The largest absolute Gasteiger partial charge is 0.378 e. The van der Waals surface area contributed by atoms with Gasteiger partial charge < -0.3 is 20.3 Å². The van der Waals surface area contributed by atoms with Crippen molar-refractivity contribution in [3.63, 3.8) is 0 Å². The van der Waals surface area contributed by atoms with Crippen molar-refractivity contribution in [3.8, 4) is 0 Å². The van der Waals surface area contributed by atoms with Crippen LogP contribution >= 0.6 is 0 Å². The fourth-order valence-electron chi connectivity index (χ4n) is 1.14. The third-order valence-electron chi connectivity index (χ3n) is 2.25. The van der Waals surface area contributed by atoms with E-state index in [2.05, 4.69) is 10.6 Å². The Kier molecular flexibility index (Phi) is 10.3. The number of rotatable bonds is 10. The van der Waals surface area contributed by atoms with Crippen LogP contribution in [0.25, 0.3) is 0 Å². The van der Waals surface area contributed by atoms with E-state index in [1.54, 1.807) is 6.92 Å². The van der Waals surface area contributed by atoms with Crippen LogP contribution in [0.15, 0.2) is 0 Å². The van der Waals surface area contributed by atoms with E-state index in [9.17, 15) is 9.59 Å². The Bertz CT molecular complexity index is 245. The Morgan fingerprint density at radius 1 is 1.06 bits per heavy atom. The molecular weight excluding hydrogens is 234 g/mol. The number of likely N-dealkylation sites (N-methyl/N-ethyl adjacent to an activating group) is 1. The van der Waals surface area contributed by atoms with Gasteiger partial charge in [0.25, 0.3) is 0 Å². The molecule has 0 aliphatic rings. The van der Waals surface area contributed by atoms with E-state index in [4.69, 9.17) is 4.74 Å². The second kappa shape index (κ2) is 11.0. The summed E-state index contributed by atoms with van der Waals surface area (Å²) in [6, 6.07) is 0. The first kappa shape index (κ1) is 16.9. The zero-order valence-corrected chi connectivity index (χ0v) is 11.6. The van der Waals surface area contributed by atoms with Gasteiger partial charge in [-0.3, -0.25) is 9.59 Å². The molecule has 0 radical (unpaired) electrons. The summed E-state index contributed by atoms with van der Waals surface area (Å²) in [5.74, 6) is -0.0996. The molecule has 0 aliphatic carbocycles. The minimum Gasteiger partial charge on any atom is -0.378 e. The highest BCUT2D eigenvalue weighted by Crippen LogP contribution is 1.81. The first-order valence-electron chi connectivity index (χ1n) is 6.32. The number of nitrogens with zero attached hydrogens (tertiary/aromatic N) is 1. The topological polar surface area (TPSA) is 70.7 Å². The Morgan fingerprint density at radius 2 is 1.72 bits per heavy atom. The molecule has 0 aromatic heterocycles. The molecule has 0 aromatic carbocycles. The molecule has 0 heterocycles. The van der Waals surface area contributed by atoms with Crippen LogP contribution in [0, 0.1) is 0 Å². The Labute approximate surface area is 109 Å². The van der Waals surface area contributed by atoms with E-state index in [0.29, 0.717) is 39.1 Å². The maximum Gasteiger partial charge on any atom is 0.221 e. The summed E-state index contributed by atoms with van der Waals surface area (Å²) in [7, 11) is 3.96. The van der Waals surface area contributed by atoms with Gasteiger partial charge in [-0.25, -0.2) is 0 Å². The van der Waals surface area contributed by atoms with Gasteiger partial charge in [0.05, 0.1) is 13.2 Å². The number of amides is 2. The minimum absolute atomic E-state index is 0.0326. The lowest BCUT2D eigenvalue weighted by Gasteiger charge is -2.10. The maximum atomic E-state index is 11.3. The van der Waals surface area contributed by atoms with E-state index in [1.165, 1.54) is 0 Å². The molecular formula is C12H25N3O3. The van der Waals surface area contributed by atoms with Gasteiger partial charge in [-0.05, 0) is 14.1 Å². The first-order chi connectivity index (χ1) is 8.56. The molecule has 2 amide bonds. The number of hydrogen-bond acceptors (Lipinski definition) is 4. The van der Waals surface area contributed by atoms with E-state index < -0.39 is 0 Å². The summed E-state index contributed by atoms with van der Waals surface area (Å²) in [6.07, 6.45) is 0.755. The zero-order valence-electron chi connectivity index (χ0n) is 11.6. The standard InChI is InChI=1S/C12H25N3O3/c1-4-11(16)13-6-5-12(17)14-7-9-18-10-8-15(2)3/h4-10H2,1-3H3,(H,13,16)(H,14,17). The monoisotopic (exact) mass is 259 g/mol. The number of hydrogen-bond donors (Lipinski definition) is 2. The molecule has 0 rings (SSSR count). The molecule has 106 valence electrons. The average molecular weight is 259 g/mol. The van der Waals surface area contributed by atoms with E-state index in [-0.39, 0.29) is 11.8 Å². The van der Waals surface area contributed by atoms with Crippen LogP contribution in [0.5, 0.6) is 0 Å². The molecule has 0 saturated carbocycles. The number of carbonyl (C=O) groups is 2. The van der Waals surface area contributed by atoms with Crippen LogP contribution in [-0.4, -0.2) is 63.7 Å². The molecule has 0 saturated heterocycles. The Balaban J connectivity index is 3.29. The second-order valence-electron chi connectivity index (χ2n) is 4.22. The normalized spacial score (nSPS) is 10.4. The predicted molar refractivity (Wildman–Crippen MR) is 70.3 cm³/mol. The molecule has 0 aromatic rings. The zero-order chi connectivity index (χ0) is 13.8. The number of carbonyl (C=O) groups excluding carboxylic acids is 2. The van der Waals surface area contributed by atoms with Crippen LogP contribution < -0.4 is 10.6 Å². The summed E-state index contributed by atoms with van der Waals surface area (Å²) in [5, 5.41) is 5.38. The van der Waals surface area contributed by atoms with Gasteiger partial charge in [0.15, 0.2) is 0 Å². The van der Waals surface area contributed by atoms with Crippen molar-refractivity contribution in [2.75, 3.05) is 46.9 Å². The van der Waals surface area contributed by atoms with Gasteiger partial charge in [-0.1, -0.05) is 6.92 Å². The van der Waals surface area contributed by atoms with Crippen LogP contribution in [0.3, 0.4) is 0 Å². The maximum absolute atomic E-state index is 11.3. The summed E-state index contributed by atoms with van der Waals surface area (Å²) < 4.78 is 5.33. The molecule has 0 unspecified atom stereocenters. The third kappa shape index (κ3) is 11.3. The first-order valence-corrected chi connectivity index (χ1v) is 6.32. The van der Waals surface area contributed by atoms with Crippen molar-refractivity contribution in [1.82, 2.24) is 15.5 Å². The highest BCUT2D eigenvalue weighted by Gasteiger charge is 2.01. The average Bonchev–Trinajstić information content (AvgIpc) is 2.33. The lowest BCUT2D eigenvalue weighted by atomic mass is 10.3. The second-order valence-corrected chi connectivity index (χ2v) is 4.22. The number of nitrogens with one attached hydrogen (secondary N) is 2. The van der Waals surface area contributed by atoms with Crippen LogP contribution in [0.4, 0.5) is 0 Å². The molecule has 0 bridgehead atoms. The minimum atomic E-state index is -0.0670. The SMILES string of the molecule is CCC(=O)NCCC(=O)NCCOCCN(C)C. The van der Waals surface area contributed by atoms with Gasteiger partial charge in [-0.15, -0.1) is 0 Å². The summed E-state index contributed by atoms with van der Waals surface area (Å²) >= 11 is 0. The molecule has 0 spiro atoms. The fraction of sp³-hybridized carbons (Fsp3) is 0.833. The van der Waals surface area contributed by atoms with Crippen molar-refractivity contribution in [2.24, 2.45) is 0 Å². The Hall–Kier alpha value is -1.14. The highest BCUT2D eigenvalue weighted by molar-refractivity contribution is 5.78. The van der Waals surface area contributed by atoms with Crippen LogP contribution in [0.2, 0.25) is 0 Å². The number of ether oxygens (including phenoxy) is 1. The summed E-state index contributed by atoms with van der Waals surface area (Å²) in [6.45, 7) is 4.72. The van der Waals surface area contributed by atoms with Gasteiger partial charge in [0.1, 0.15) is 0 Å². The van der Waals surface area contributed by atoms with E-state index in [0.717, 1.165) is 6.54 Å². The summed E-state index contributed by atoms with van der Waals surface area (Å²) in [4.78, 5) is 24.3. The molecule has 6 nitrogen and oxygen atoms in total. The molecule has 0 fully saturated rings. The van der Waals surface area contributed by atoms with E-state index in [1.807, 2.05) is 19.0 Å². The third-order valence-corrected chi connectivity index (χ3v) is 2.25. The van der Waals surface area contributed by atoms with Crippen LogP contribution in [0.1, 0.15) is 19.8 Å². The van der Waals surface area contributed by atoms with Gasteiger partial charge >= 0.3 is 0 Å². The quantitative estimate of drug-likeness (QED) is 0.524. The molecule has 18 heavy (non-hydrogen) atoms. The lowest BCUT2D eigenvalue weighted by Crippen LogP contribution is -2.32. The van der Waals surface area contributed by atoms with Crippen molar-refractivity contribution in [3.05, 3.63) is 0 Å². The van der Waals surface area contributed by atoms with E-state index >= 15 is 0 Å². The van der Waals surface area contributed by atoms with Crippen LogP contribution in [-0.2, 0) is 14.3 Å². The smallest absolute Gasteiger partial charge is 0.221 e. The molecule has 2 N–H and O–H groups in total. The predicted octanol–water partition coefficient (Wildman–Crippen LogP) is -0.403. The van der Waals surface area contributed by atoms with Crippen molar-refractivity contribution in [2.45, 2.75) is 19.8 Å². The molecule has 0 aliphatic heterocycles. The lowest BCUT2D eigenvalue weighted by molar-refractivity contribution is -0.122. The molecule has 6 heteroatoms. The Morgan fingerprint density at radius 3 is 2.33 bits per heavy atom. The van der Waals surface area contributed by atoms with Crippen molar-refractivity contribution < 1.29 is 14.3 Å². The highest BCUT2D eigenvalue weighted by atomic mass is 16.5. The van der Waals surface area contributed by atoms with Gasteiger partial charge in [0, 0.05) is 32.5 Å².